The summed E-state index contributed by atoms with van der Waals surface area (Å²) in [5.41, 5.74) is 3.88. The number of aliphatic hydroxyl groups is 1. The lowest BCUT2D eigenvalue weighted by molar-refractivity contribution is 0.140. The molecule has 1 N–H and O–H groups in total. The summed E-state index contributed by atoms with van der Waals surface area (Å²) in [6, 6.07) is 30.0. The van der Waals surface area contributed by atoms with Crippen LogP contribution in [0.25, 0.3) is 0 Å². The molecular weight excluding hydrogens is 446 g/mol. The molecule has 0 amide bonds. The van der Waals surface area contributed by atoms with Crippen molar-refractivity contribution in [3.05, 3.63) is 106 Å². The number of nitrogens with zero attached hydrogens (tertiary/aromatic N) is 1. The average Bonchev–Trinajstić information content (AvgIpc) is 2.82. The molecule has 4 rings (SSSR count). The fourth-order valence-electron chi connectivity index (χ4n) is 4.93. The van der Waals surface area contributed by atoms with Crippen molar-refractivity contribution in [3.8, 4) is 0 Å². The summed E-state index contributed by atoms with van der Waals surface area (Å²) in [6.07, 6.45) is 3.93. The Morgan fingerprint density at radius 2 is 1.32 bits per heavy atom. The van der Waals surface area contributed by atoms with Crippen molar-refractivity contribution in [3.63, 3.8) is 0 Å². The van der Waals surface area contributed by atoms with Crippen LogP contribution in [0.5, 0.6) is 0 Å². The van der Waals surface area contributed by atoms with Gasteiger partial charge in [0.2, 0.25) is 0 Å². The maximum Gasteiger partial charge on any atom is 0.0790 e. The van der Waals surface area contributed by atoms with Crippen molar-refractivity contribution < 1.29 is 5.11 Å². The molecule has 3 aromatic carbocycles. The number of hydrogen-bond donors (Lipinski definition) is 1. The summed E-state index contributed by atoms with van der Waals surface area (Å²) in [7, 11) is 0. The van der Waals surface area contributed by atoms with E-state index in [1.165, 1.54) is 24.0 Å². The first-order valence-electron chi connectivity index (χ1n) is 11.5. The fraction of sp³-hybridized carbons (Fsp3) is 0.357. The second-order valence-electron chi connectivity index (χ2n) is 8.69. The summed E-state index contributed by atoms with van der Waals surface area (Å²) >= 11 is 3.46. The Hall–Kier alpha value is -1.94. The monoisotopic (exact) mass is 477 g/mol. The molecule has 1 aliphatic heterocycles. The Kier molecular flexibility index (Phi) is 7.96. The van der Waals surface area contributed by atoms with Crippen molar-refractivity contribution in [2.75, 3.05) is 19.6 Å². The van der Waals surface area contributed by atoms with Gasteiger partial charge in [-0.2, -0.15) is 0 Å². The van der Waals surface area contributed by atoms with Gasteiger partial charge in [0, 0.05) is 10.4 Å². The molecule has 1 fully saturated rings. The van der Waals surface area contributed by atoms with Crippen molar-refractivity contribution in [2.24, 2.45) is 5.92 Å². The molecule has 1 atom stereocenters. The zero-order valence-corrected chi connectivity index (χ0v) is 19.6. The van der Waals surface area contributed by atoms with Crippen LogP contribution in [0.3, 0.4) is 0 Å². The Morgan fingerprint density at radius 1 is 0.774 bits per heavy atom. The van der Waals surface area contributed by atoms with Gasteiger partial charge in [0.15, 0.2) is 0 Å². The number of likely N-dealkylation sites (tertiary alicyclic amines) is 1. The van der Waals surface area contributed by atoms with E-state index in [2.05, 4.69) is 81.5 Å². The van der Waals surface area contributed by atoms with Gasteiger partial charge in [0.25, 0.3) is 0 Å². The maximum atomic E-state index is 10.5. The molecule has 1 heterocycles. The van der Waals surface area contributed by atoms with E-state index in [9.17, 15) is 5.11 Å². The van der Waals surface area contributed by atoms with E-state index in [1.54, 1.807) is 0 Å². The van der Waals surface area contributed by atoms with Crippen LogP contribution in [-0.2, 0) is 0 Å². The van der Waals surface area contributed by atoms with Gasteiger partial charge < -0.3 is 10.0 Å². The summed E-state index contributed by atoms with van der Waals surface area (Å²) < 4.78 is 1.05. The fourth-order valence-corrected chi connectivity index (χ4v) is 5.19. The zero-order chi connectivity index (χ0) is 21.5. The molecule has 0 aliphatic carbocycles. The predicted molar refractivity (Wildman–Crippen MR) is 132 cm³/mol. The third-order valence-corrected chi connectivity index (χ3v) is 7.16. The normalized spacial score (nSPS) is 16.5. The van der Waals surface area contributed by atoms with Crippen molar-refractivity contribution in [1.29, 1.82) is 0 Å². The molecule has 1 aliphatic rings. The second-order valence-corrected chi connectivity index (χ2v) is 9.60. The highest BCUT2D eigenvalue weighted by Gasteiger charge is 2.28. The molecule has 1 saturated heterocycles. The van der Waals surface area contributed by atoms with Crippen molar-refractivity contribution in [2.45, 2.75) is 37.7 Å². The summed E-state index contributed by atoms with van der Waals surface area (Å²) in [4.78, 5) is 2.58. The highest BCUT2D eigenvalue weighted by molar-refractivity contribution is 9.10. The number of hydrogen-bond acceptors (Lipinski definition) is 2. The van der Waals surface area contributed by atoms with Crippen LogP contribution in [0.15, 0.2) is 89.4 Å². The quantitative estimate of drug-likeness (QED) is 0.385. The van der Waals surface area contributed by atoms with Crippen LogP contribution < -0.4 is 0 Å². The van der Waals surface area contributed by atoms with Crippen molar-refractivity contribution in [1.82, 2.24) is 4.90 Å². The van der Waals surface area contributed by atoms with Gasteiger partial charge in [-0.05, 0) is 80.1 Å². The number of rotatable bonds is 8. The minimum absolute atomic E-state index is 0.369. The van der Waals surface area contributed by atoms with Crippen LogP contribution >= 0.6 is 15.9 Å². The molecular formula is C28H32BrNO. The van der Waals surface area contributed by atoms with Gasteiger partial charge in [-0.3, -0.25) is 0 Å². The molecule has 1 unspecified atom stereocenters. The number of piperidine rings is 1. The first-order valence-corrected chi connectivity index (χ1v) is 12.3. The molecule has 3 heteroatoms. The number of halogens is 1. The Bertz CT molecular complexity index is 865. The Balaban J connectivity index is 1.30. The molecule has 0 radical (unpaired) electrons. The molecule has 0 saturated carbocycles. The van der Waals surface area contributed by atoms with Crippen LogP contribution in [0.1, 0.15) is 54.4 Å². The molecule has 0 bridgehead atoms. The minimum atomic E-state index is -0.369. The predicted octanol–water partition coefficient (Wildman–Crippen LogP) is 6.81. The van der Waals surface area contributed by atoms with Gasteiger partial charge in [0.05, 0.1) is 6.10 Å². The highest BCUT2D eigenvalue weighted by Crippen LogP contribution is 2.38. The lowest BCUT2D eigenvalue weighted by Crippen LogP contribution is -2.36. The molecule has 3 aromatic rings. The Labute approximate surface area is 195 Å². The van der Waals surface area contributed by atoms with Gasteiger partial charge in [0.1, 0.15) is 0 Å². The number of benzene rings is 3. The molecule has 0 aromatic heterocycles. The van der Waals surface area contributed by atoms with Gasteiger partial charge in [-0.1, -0.05) is 88.7 Å². The molecule has 31 heavy (non-hydrogen) atoms. The summed E-state index contributed by atoms with van der Waals surface area (Å²) in [5.74, 6) is 1.15. The topological polar surface area (TPSA) is 23.5 Å². The van der Waals surface area contributed by atoms with Gasteiger partial charge in [-0.25, -0.2) is 0 Å². The van der Waals surface area contributed by atoms with E-state index in [0.717, 1.165) is 42.5 Å². The van der Waals surface area contributed by atoms with Crippen LogP contribution in [0.4, 0.5) is 0 Å². The first kappa shape index (κ1) is 22.3. The van der Waals surface area contributed by atoms with Gasteiger partial charge in [-0.15, -0.1) is 0 Å². The van der Waals surface area contributed by atoms with E-state index in [4.69, 9.17) is 0 Å². The van der Waals surface area contributed by atoms with E-state index in [-0.39, 0.29) is 6.10 Å². The third kappa shape index (κ3) is 6.06. The average molecular weight is 478 g/mol. The van der Waals surface area contributed by atoms with E-state index in [1.807, 2.05) is 24.3 Å². The smallest absolute Gasteiger partial charge is 0.0790 e. The van der Waals surface area contributed by atoms with Crippen LogP contribution in [0, 0.1) is 5.92 Å². The molecule has 2 nitrogen and oxygen atoms in total. The van der Waals surface area contributed by atoms with E-state index in [0.29, 0.717) is 11.8 Å². The SMILES string of the molecule is OC(CCCN1CCC(C(c2ccccc2)c2ccccc2)CC1)c1ccc(Br)cc1. The lowest BCUT2D eigenvalue weighted by atomic mass is 9.76. The summed E-state index contributed by atoms with van der Waals surface area (Å²) in [5, 5.41) is 10.5. The van der Waals surface area contributed by atoms with E-state index < -0.39 is 0 Å². The van der Waals surface area contributed by atoms with E-state index >= 15 is 0 Å². The largest absolute Gasteiger partial charge is 0.388 e. The lowest BCUT2D eigenvalue weighted by Gasteiger charge is -2.36. The number of aliphatic hydroxyl groups excluding tert-OH is 1. The standard InChI is InChI=1S/C28H32BrNO/c29-26-15-13-22(14-16-26)27(31)12-7-19-30-20-17-25(18-21-30)28(23-8-3-1-4-9-23)24-10-5-2-6-11-24/h1-6,8-11,13-16,25,27-28,31H,7,12,17-21H2. The van der Waals surface area contributed by atoms with Crippen LogP contribution in [0.2, 0.25) is 0 Å². The third-order valence-electron chi connectivity index (χ3n) is 6.63. The van der Waals surface area contributed by atoms with Crippen LogP contribution in [-0.4, -0.2) is 29.6 Å². The first-order chi connectivity index (χ1) is 15.2. The summed E-state index contributed by atoms with van der Waals surface area (Å²) in [6.45, 7) is 3.37. The highest BCUT2D eigenvalue weighted by atomic mass is 79.9. The Morgan fingerprint density at radius 3 is 1.87 bits per heavy atom. The molecule has 0 spiro atoms. The zero-order valence-electron chi connectivity index (χ0n) is 18.0. The van der Waals surface area contributed by atoms with Gasteiger partial charge >= 0.3 is 0 Å². The van der Waals surface area contributed by atoms with Crippen molar-refractivity contribution >= 4 is 15.9 Å². The molecule has 162 valence electrons. The second kappa shape index (κ2) is 11.1. The minimum Gasteiger partial charge on any atom is -0.388 e. The maximum absolute atomic E-state index is 10.5.